The molecule has 1 aromatic carbocycles. The number of nitrogens with two attached hydrogens (primary N) is 1. The number of rotatable bonds is 0. The number of fused-ring (bicyclic) bond motifs is 2. The summed E-state index contributed by atoms with van der Waals surface area (Å²) in [6.45, 7) is 0. The van der Waals surface area contributed by atoms with Crippen molar-refractivity contribution in [3.05, 3.63) is 24.3 Å². The van der Waals surface area contributed by atoms with Crippen LogP contribution >= 0.6 is 11.3 Å². The van der Waals surface area contributed by atoms with Crippen molar-refractivity contribution in [1.29, 1.82) is 0 Å². The van der Waals surface area contributed by atoms with E-state index in [0.29, 0.717) is 10.8 Å². The molecule has 3 aromatic rings. The zero-order chi connectivity index (χ0) is 9.54. The van der Waals surface area contributed by atoms with Gasteiger partial charge in [0.15, 0.2) is 15.6 Å². The van der Waals surface area contributed by atoms with Crippen molar-refractivity contribution in [3.63, 3.8) is 0 Å². The quantitative estimate of drug-likeness (QED) is 0.604. The molecular formula is C9H6N4S. The van der Waals surface area contributed by atoms with Crippen LogP contribution in [0.5, 0.6) is 0 Å². The van der Waals surface area contributed by atoms with Gasteiger partial charge in [0.2, 0.25) is 0 Å². The van der Waals surface area contributed by atoms with E-state index in [2.05, 4.69) is 15.0 Å². The van der Waals surface area contributed by atoms with E-state index in [-0.39, 0.29) is 0 Å². The summed E-state index contributed by atoms with van der Waals surface area (Å²) >= 11 is 1.36. The molecule has 0 saturated carbocycles. The molecule has 0 saturated heterocycles. The lowest BCUT2D eigenvalue weighted by molar-refractivity contribution is 1.34. The normalized spacial score (nSPS) is 11.1. The third kappa shape index (κ3) is 1.03. The smallest absolute Gasteiger partial charge is 0.192 e. The van der Waals surface area contributed by atoms with Crippen LogP contribution in [-0.2, 0) is 0 Å². The first-order chi connectivity index (χ1) is 6.83. The second-order valence-corrected chi connectivity index (χ2v) is 3.90. The molecule has 0 spiro atoms. The highest BCUT2D eigenvalue weighted by atomic mass is 32.1. The van der Waals surface area contributed by atoms with Crippen molar-refractivity contribution in [2.45, 2.75) is 0 Å². The highest BCUT2D eigenvalue weighted by Crippen LogP contribution is 2.22. The SMILES string of the molecule is Nc1nc2nc3ccccc3nc2s1. The van der Waals surface area contributed by atoms with Gasteiger partial charge in [-0.1, -0.05) is 23.5 Å². The molecule has 14 heavy (non-hydrogen) atoms. The highest BCUT2D eigenvalue weighted by Gasteiger charge is 2.05. The summed E-state index contributed by atoms with van der Waals surface area (Å²) in [5, 5.41) is 0.510. The van der Waals surface area contributed by atoms with Crippen LogP contribution in [-0.4, -0.2) is 15.0 Å². The van der Waals surface area contributed by atoms with Crippen molar-refractivity contribution in [1.82, 2.24) is 15.0 Å². The maximum Gasteiger partial charge on any atom is 0.192 e. The molecule has 0 fully saturated rings. The Morgan fingerprint density at radius 2 is 1.71 bits per heavy atom. The lowest BCUT2D eigenvalue weighted by atomic mass is 10.3. The number of nitrogens with zero attached hydrogens (tertiary/aromatic N) is 3. The topological polar surface area (TPSA) is 64.7 Å². The van der Waals surface area contributed by atoms with Crippen molar-refractivity contribution in [2.75, 3.05) is 5.73 Å². The predicted octanol–water partition coefficient (Wildman–Crippen LogP) is 1.82. The molecule has 0 amide bonds. The number of anilines is 1. The van der Waals surface area contributed by atoms with E-state index in [1.54, 1.807) is 0 Å². The van der Waals surface area contributed by atoms with Crippen molar-refractivity contribution >= 4 is 38.0 Å². The molecular weight excluding hydrogens is 196 g/mol. The van der Waals surface area contributed by atoms with E-state index in [9.17, 15) is 0 Å². The van der Waals surface area contributed by atoms with Gasteiger partial charge in [0, 0.05) is 0 Å². The average molecular weight is 202 g/mol. The van der Waals surface area contributed by atoms with Crippen LogP contribution in [0.1, 0.15) is 0 Å². The Kier molecular flexibility index (Phi) is 1.43. The summed E-state index contributed by atoms with van der Waals surface area (Å²) in [5.74, 6) is 0. The van der Waals surface area contributed by atoms with Crippen LogP contribution < -0.4 is 5.73 Å². The minimum atomic E-state index is 0.510. The lowest BCUT2D eigenvalue weighted by Crippen LogP contribution is -1.84. The molecule has 3 rings (SSSR count). The molecule has 2 aromatic heterocycles. The van der Waals surface area contributed by atoms with Crippen LogP contribution in [0, 0.1) is 0 Å². The second-order valence-electron chi connectivity index (χ2n) is 2.89. The molecule has 5 heteroatoms. The lowest BCUT2D eigenvalue weighted by Gasteiger charge is -1.93. The summed E-state index contributed by atoms with van der Waals surface area (Å²) in [4.78, 5) is 13.6. The number of para-hydroxylation sites is 2. The fourth-order valence-corrected chi connectivity index (χ4v) is 2.00. The number of benzene rings is 1. The van der Waals surface area contributed by atoms with E-state index in [4.69, 9.17) is 5.73 Å². The van der Waals surface area contributed by atoms with Gasteiger partial charge in [0.25, 0.3) is 0 Å². The third-order valence-corrected chi connectivity index (χ3v) is 2.71. The predicted molar refractivity (Wildman–Crippen MR) is 57.1 cm³/mol. The Labute approximate surface area is 83.4 Å². The molecule has 0 atom stereocenters. The second kappa shape index (κ2) is 2.62. The number of nitrogen functional groups attached to an aromatic ring is 1. The van der Waals surface area contributed by atoms with Gasteiger partial charge in [0.1, 0.15) is 0 Å². The van der Waals surface area contributed by atoms with Gasteiger partial charge in [-0.25, -0.2) is 9.97 Å². The highest BCUT2D eigenvalue weighted by molar-refractivity contribution is 7.21. The van der Waals surface area contributed by atoms with Gasteiger partial charge < -0.3 is 5.73 Å². The molecule has 0 aliphatic heterocycles. The zero-order valence-electron chi connectivity index (χ0n) is 7.14. The van der Waals surface area contributed by atoms with Crippen LogP contribution in [0.3, 0.4) is 0 Å². The molecule has 0 unspecified atom stereocenters. The van der Waals surface area contributed by atoms with Crippen LogP contribution in [0.25, 0.3) is 21.5 Å². The first-order valence-electron chi connectivity index (χ1n) is 4.12. The summed E-state index contributed by atoms with van der Waals surface area (Å²) in [6, 6.07) is 7.71. The molecule has 0 radical (unpaired) electrons. The van der Waals surface area contributed by atoms with Gasteiger partial charge in [-0.2, -0.15) is 4.98 Å². The van der Waals surface area contributed by atoms with Crippen LogP contribution in [0.15, 0.2) is 24.3 Å². The zero-order valence-corrected chi connectivity index (χ0v) is 7.95. The van der Waals surface area contributed by atoms with Crippen molar-refractivity contribution in [2.24, 2.45) is 0 Å². The van der Waals surface area contributed by atoms with Crippen LogP contribution in [0.2, 0.25) is 0 Å². The number of hydrogen-bond donors (Lipinski definition) is 1. The van der Waals surface area contributed by atoms with E-state index in [1.807, 2.05) is 24.3 Å². The van der Waals surface area contributed by atoms with E-state index in [0.717, 1.165) is 15.9 Å². The van der Waals surface area contributed by atoms with Gasteiger partial charge in [-0.3, -0.25) is 0 Å². The molecule has 0 aliphatic carbocycles. The minimum absolute atomic E-state index is 0.510. The standard InChI is InChI=1S/C9H6N4S/c10-9-13-7-8(14-9)12-6-4-2-1-3-5(6)11-7/h1-4H,(H2,10,11,13). The Morgan fingerprint density at radius 1 is 1.00 bits per heavy atom. The number of aromatic nitrogens is 3. The molecule has 2 heterocycles. The first kappa shape index (κ1) is 7.64. The summed E-state index contributed by atoms with van der Waals surface area (Å²) in [7, 11) is 0. The summed E-state index contributed by atoms with van der Waals surface area (Å²) in [5.41, 5.74) is 7.94. The molecule has 0 bridgehead atoms. The van der Waals surface area contributed by atoms with Crippen molar-refractivity contribution in [3.8, 4) is 0 Å². The van der Waals surface area contributed by atoms with Crippen LogP contribution in [0.4, 0.5) is 5.13 Å². The third-order valence-electron chi connectivity index (χ3n) is 1.94. The average Bonchev–Trinajstić information content (AvgIpc) is 2.53. The minimum Gasteiger partial charge on any atom is -0.375 e. The van der Waals surface area contributed by atoms with E-state index in [1.165, 1.54) is 11.3 Å². The molecule has 0 aliphatic rings. The maximum atomic E-state index is 5.58. The Morgan fingerprint density at radius 3 is 2.50 bits per heavy atom. The maximum absolute atomic E-state index is 5.58. The fraction of sp³-hybridized carbons (Fsp3) is 0. The first-order valence-corrected chi connectivity index (χ1v) is 4.93. The number of thiazole rings is 1. The monoisotopic (exact) mass is 202 g/mol. The number of hydrogen-bond acceptors (Lipinski definition) is 5. The van der Waals surface area contributed by atoms with Crippen molar-refractivity contribution < 1.29 is 0 Å². The summed E-state index contributed by atoms with van der Waals surface area (Å²) < 4.78 is 0. The van der Waals surface area contributed by atoms with Gasteiger partial charge >= 0.3 is 0 Å². The van der Waals surface area contributed by atoms with Gasteiger partial charge in [0.05, 0.1) is 11.0 Å². The Hall–Kier alpha value is -1.75. The van der Waals surface area contributed by atoms with E-state index < -0.39 is 0 Å². The largest absolute Gasteiger partial charge is 0.375 e. The van der Waals surface area contributed by atoms with E-state index >= 15 is 0 Å². The van der Waals surface area contributed by atoms with Gasteiger partial charge in [-0.15, -0.1) is 0 Å². The molecule has 68 valence electrons. The molecule has 4 nitrogen and oxygen atoms in total. The fourth-order valence-electron chi connectivity index (χ4n) is 1.34. The Balaban J connectivity index is 2.51. The Bertz CT molecular complexity index is 564. The molecule has 2 N–H and O–H groups in total. The van der Waals surface area contributed by atoms with Gasteiger partial charge in [-0.05, 0) is 12.1 Å². The summed E-state index contributed by atoms with van der Waals surface area (Å²) in [6.07, 6.45) is 0.